The van der Waals surface area contributed by atoms with E-state index in [1.165, 1.54) is 214 Å². The molecule has 4 heterocycles. The van der Waals surface area contributed by atoms with Gasteiger partial charge in [-0.3, -0.25) is 0 Å². The Bertz CT molecular complexity index is 4290. The lowest BCUT2D eigenvalue weighted by atomic mass is 10.0. The molecule has 0 aliphatic carbocycles. The molecule has 0 N–H and O–H groups in total. The molecule has 0 saturated heterocycles. The Labute approximate surface area is 553 Å². The molecule has 474 valence electrons. The van der Waals surface area contributed by atoms with Gasteiger partial charge < -0.3 is 13.7 Å². The maximum atomic E-state index is 5.61. The summed E-state index contributed by atoms with van der Waals surface area (Å²) in [5, 5.41) is 7.80. The predicted octanol–water partition coefficient (Wildman–Crippen LogP) is 24.6. The van der Waals surface area contributed by atoms with Crippen molar-refractivity contribution >= 4 is 65.4 Å². The molecule has 0 unspecified atom stereocenters. The van der Waals surface area contributed by atoms with Gasteiger partial charge in [-0.1, -0.05) is 216 Å². The van der Waals surface area contributed by atoms with E-state index in [-0.39, 0.29) is 0 Å². The topological polar surface area (TPSA) is 53.5 Å². The van der Waals surface area contributed by atoms with E-state index in [1.807, 2.05) is 0 Å². The van der Waals surface area contributed by atoms with Gasteiger partial charge in [0, 0.05) is 49.0 Å². The van der Waals surface area contributed by atoms with Crippen molar-refractivity contribution in [1.82, 2.24) is 28.7 Å². The van der Waals surface area contributed by atoms with Crippen LogP contribution in [0.1, 0.15) is 190 Å². The molecular weight excluding hydrogens is 1130 g/mol. The van der Waals surface area contributed by atoms with Gasteiger partial charge in [-0.15, -0.1) is 0 Å². The average molecular weight is 1230 g/mol. The van der Waals surface area contributed by atoms with Gasteiger partial charge in [0.25, 0.3) is 0 Å². The summed E-state index contributed by atoms with van der Waals surface area (Å²) in [7, 11) is 0. The first-order valence-electron chi connectivity index (χ1n) is 36.1. The standard InChI is InChI=1S/C87H96N6/c1-7-13-21-31-61-41-47-76-70(53-61)71-54-62(32-22-14-8-2)42-48-77(71)91(76)82-59-69(87-89-85(67-37-27-19-28-38-67)88-86(90-87)68-39-29-20-30-40-68)60-83(92-78-49-43-63(33-23-15-9-3)55-72(78)73-56-64(34-24-16-10-4)44-50-79(73)92)84(82)93-80-51-45-65(35-25-17-11-5)57-74(80)75-58-66(36-26-18-12-6)46-52-81(75)93/h19-20,27-30,37-60H,7-18,21-26,31-36H2,1-6H3. The number of unbranched alkanes of at least 4 members (excludes halogenated alkanes) is 12. The Hall–Kier alpha value is -8.61. The van der Waals surface area contributed by atoms with E-state index in [1.54, 1.807) is 0 Å². The van der Waals surface area contributed by atoms with Gasteiger partial charge in [0.1, 0.15) is 0 Å². The highest BCUT2D eigenvalue weighted by Crippen LogP contribution is 2.46. The van der Waals surface area contributed by atoms with E-state index in [0.29, 0.717) is 17.5 Å². The van der Waals surface area contributed by atoms with Gasteiger partial charge in [0.2, 0.25) is 0 Å². The van der Waals surface area contributed by atoms with Gasteiger partial charge >= 0.3 is 0 Å². The molecule has 0 amide bonds. The van der Waals surface area contributed by atoms with Crippen molar-refractivity contribution < 1.29 is 0 Å². The van der Waals surface area contributed by atoms with Crippen LogP contribution in [0.3, 0.4) is 0 Å². The van der Waals surface area contributed by atoms with Crippen molar-refractivity contribution in [2.75, 3.05) is 0 Å². The lowest BCUT2D eigenvalue weighted by molar-refractivity contribution is 0.717. The van der Waals surface area contributed by atoms with E-state index in [2.05, 4.69) is 237 Å². The molecule has 93 heavy (non-hydrogen) atoms. The highest BCUT2D eigenvalue weighted by atomic mass is 15.1. The highest BCUT2D eigenvalue weighted by Gasteiger charge is 2.28. The molecule has 6 heteroatoms. The minimum atomic E-state index is 0.627. The van der Waals surface area contributed by atoms with E-state index >= 15 is 0 Å². The number of hydrogen-bond donors (Lipinski definition) is 0. The Morgan fingerprint density at radius 3 is 0.720 bits per heavy atom. The number of rotatable bonds is 30. The molecule has 4 aromatic heterocycles. The third kappa shape index (κ3) is 13.4. The minimum absolute atomic E-state index is 0.627. The molecule has 13 rings (SSSR count). The third-order valence-electron chi connectivity index (χ3n) is 19.8. The summed E-state index contributed by atoms with van der Waals surface area (Å²) in [6.45, 7) is 13.9. The van der Waals surface area contributed by atoms with Gasteiger partial charge in [0.15, 0.2) is 17.5 Å². The van der Waals surface area contributed by atoms with Crippen molar-refractivity contribution in [2.24, 2.45) is 0 Å². The molecular formula is C87H96N6. The summed E-state index contributed by atoms with van der Waals surface area (Å²) in [6.07, 6.45) is 27.9. The van der Waals surface area contributed by atoms with Crippen LogP contribution in [0.2, 0.25) is 0 Å². The Morgan fingerprint density at radius 1 is 0.237 bits per heavy atom. The summed E-state index contributed by atoms with van der Waals surface area (Å²) in [4.78, 5) is 16.5. The number of benzene rings is 9. The zero-order valence-electron chi connectivity index (χ0n) is 56.5. The van der Waals surface area contributed by atoms with Crippen molar-refractivity contribution in [3.8, 4) is 51.2 Å². The first-order chi connectivity index (χ1) is 45.9. The summed E-state index contributed by atoms with van der Waals surface area (Å²) in [6, 6.07) is 70.4. The van der Waals surface area contributed by atoms with Crippen LogP contribution in [-0.4, -0.2) is 28.7 Å². The average Bonchev–Trinajstić information content (AvgIpc) is 1.56. The first-order valence-corrected chi connectivity index (χ1v) is 36.1. The van der Waals surface area contributed by atoms with Crippen LogP contribution in [0.5, 0.6) is 0 Å². The third-order valence-corrected chi connectivity index (χ3v) is 19.8. The van der Waals surface area contributed by atoms with Crippen LogP contribution >= 0.6 is 0 Å². The molecule has 0 atom stereocenters. The highest BCUT2D eigenvalue weighted by molar-refractivity contribution is 6.14. The quantitative estimate of drug-likeness (QED) is 0.0422. The van der Waals surface area contributed by atoms with Crippen LogP contribution in [0.15, 0.2) is 182 Å². The van der Waals surface area contributed by atoms with Crippen LogP contribution in [0.4, 0.5) is 0 Å². The summed E-state index contributed by atoms with van der Waals surface area (Å²) < 4.78 is 7.95. The molecule has 0 radical (unpaired) electrons. The van der Waals surface area contributed by atoms with Crippen LogP contribution < -0.4 is 0 Å². The smallest absolute Gasteiger partial charge is 0.164 e. The fourth-order valence-corrected chi connectivity index (χ4v) is 14.8. The molecule has 6 nitrogen and oxygen atoms in total. The lowest BCUT2D eigenvalue weighted by Gasteiger charge is -2.24. The minimum Gasteiger partial charge on any atom is -0.307 e. The van der Waals surface area contributed by atoms with Crippen LogP contribution in [-0.2, 0) is 38.5 Å². The van der Waals surface area contributed by atoms with E-state index in [0.717, 1.165) is 72.3 Å². The number of nitrogens with zero attached hydrogens (tertiary/aromatic N) is 6. The van der Waals surface area contributed by atoms with E-state index in [4.69, 9.17) is 15.0 Å². The SMILES string of the molecule is CCCCCc1ccc2c(c1)c1cc(CCCCC)ccc1n2-c1cc(-c2nc(-c3ccccc3)nc(-c3ccccc3)n2)cc(-n2c3ccc(CCCCC)cc3c3cc(CCCCC)ccc32)c1-n1c2ccc(CCCCC)cc2c2cc(CCCCC)ccc21. The molecule has 0 spiro atoms. The first kappa shape index (κ1) is 63.2. The largest absolute Gasteiger partial charge is 0.307 e. The fraction of sp³-hybridized carbons (Fsp3) is 0.345. The number of fused-ring (bicyclic) bond motifs is 9. The van der Waals surface area contributed by atoms with Crippen molar-refractivity contribution in [2.45, 2.75) is 196 Å². The normalized spacial score (nSPS) is 11.9. The van der Waals surface area contributed by atoms with E-state index in [9.17, 15) is 0 Å². The van der Waals surface area contributed by atoms with Crippen molar-refractivity contribution in [3.63, 3.8) is 0 Å². The number of hydrogen-bond acceptors (Lipinski definition) is 3. The van der Waals surface area contributed by atoms with Crippen LogP contribution in [0.25, 0.3) is 117 Å². The molecule has 0 aliphatic rings. The Kier molecular flexibility index (Phi) is 20.1. The zero-order chi connectivity index (χ0) is 63.6. The van der Waals surface area contributed by atoms with E-state index < -0.39 is 0 Å². The van der Waals surface area contributed by atoms with Gasteiger partial charge in [-0.2, -0.15) is 0 Å². The van der Waals surface area contributed by atoms with Gasteiger partial charge in [0.05, 0.1) is 50.2 Å². The number of aryl methyl sites for hydroxylation is 6. The second-order valence-corrected chi connectivity index (χ2v) is 26.8. The zero-order valence-corrected chi connectivity index (χ0v) is 56.5. The molecule has 0 aliphatic heterocycles. The predicted molar refractivity (Wildman–Crippen MR) is 399 cm³/mol. The van der Waals surface area contributed by atoms with Crippen LogP contribution in [0, 0.1) is 0 Å². The second kappa shape index (κ2) is 29.6. The fourth-order valence-electron chi connectivity index (χ4n) is 14.8. The maximum absolute atomic E-state index is 5.61. The molecule has 0 bridgehead atoms. The van der Waals surface area contributed by atoms with Gasteiger partial charge in [-0.05, 0) is 195 Å². The Balaban J connectivity index is 1.22. The molecule has 13 aromatic rings. The summed E-state index contributed by atoms with van der Waals surface area (Å²) in [5.74, 6) is 1.91. The maximum Gasteiger partial charge on any atom is 0.164 e. The molecule has 0 saturated carbocycles. The van der Waals surface area contributed by atoms with Gasteiger partial charge in [-0.25, -0.2) is 15.0 Å². The van der Waals surface area contributed by atoms with Crippen molar-refractivity contribution in [1.29, 1.82) is 0 Å². The van der Waals surface area contributed by atoms with Crippen molar-refractivity contribution in [3.05, 3.63) is 215 Å². The second-order valence-electron chi connectivity index (χ2n) is 26.8. The summed E-state index contributed by atoms with van der Waals surface area (Å²) >= 11 is 0. The Morgan fingerprint density at radius 2 is 0.473 bits per heavy atom. The molecule has 9 aromatic carbocycles. The lowest BCUT2D eigenvalue weighted by Crippen LogP contribution is -2.11. The number of aromatic nitrogens is 6. The molecule has 0 fully saturated rings. The summed E-state index contributed by atoms with van der Waals surface area (Å²) in [5.41, 5.74) is 21.6. The monoisotopic (exact) mass is 1220 g/mol.